The number of aliphatic imine (C=N–C) groups is 1. The Morgan fingerprint density at radius 2 is 1.88 bits per heavy atom. The molecule has 0 atom stereocenters. The van der Waals surface area contributed by atoms with E-state index in [9.17, 15) is 0 Å². The number of hydrogen-bond acceptors (Lipinski definition) is 3. The fraction of sp³-hybridized carbons (Fsp3) is 0.381. The van der Waals surface area contributed by atoms with Gasteiger partial charge >= 0.3 is 0 Å². The van der Waals surface area contributed by atoms with Gasteiger partial charge < -0.3 is 20.7 Å². The van der Waals surface area contributed by atoms with Crippen LogP contribution in [-0.2, 0) is 13.0 Å². The molecule has 140 valence electrons. The van der Waals surface area contributed by atoms with Crippen molar-refractivity contribution in [3.05, 3.63) is 59.7 Å². The third-order valence-electron chi connectivity index (χ3n) is 3.98. The van der Waals surface area contributed by atoms with Gasteiger partial charge in [-0.15, -0.1) is 0 Å². The monoisotopic (exact) mass is 354 g/mol. The molecule has 0 fully saturated rings. The molecular formula is C21H30N4O. The fourth-order valence-electron chi connectivity index (χ4n) is 2.49. The van der Waals surface area contributed by atoms with Crippen LogP contribution in [0.2, 0.25) is 0 Å². The number of guanidine groups is 1. The quantitative estimate of drug-likeness (QED) is 0.411. The van der Waals surface area contributed by atoms with Crippen molar-refractivity contribution in [2.45, 2.75) is 26.3 Å². The van der Waals surface area contributed by atoms with E-state index in [0.29, 0.717) is 12.5 Å². The molecular weight excluding hydrogens is 324 g/mol. The first kappa shape index (κ1) is 19.8. The Morgan fingerprint density at radius 3 is 2.58 bits per heavy atom. The predicted molar refractivity (Wildman–Crippen MR) is 110 cm³/mol. The van der Waals surface area contributed by atoms with Crippen LogP contribution in [0.15, 0.2) is 53.5 Å². The second-order valence-corrected chi connectivity index (χ2v) is 6.53. The van der Waals surface area contributed by atoms with Gasteiger partial charge in [-0.2, -0.15) is 0 Å². The number of anilines is 1. The zero-order valence-electron chi connectivity index (χ0n) is 16.0. The number of nitrogens with two attached hydrogens (primary N) is 1. The van der Waals surface area contributed by atoms with Gasteiger partial charge in [0.15, 0.2) is 5.96 Å². The summed E-state index contributed by atoms with van der Waals surface area (Å²) in [5, 5.41) is 3.14. The van der Waals surface area contributed by atoms with Gasteiger partial charge in [0.2, 0.25) is 0 Å². The first-order valence-electron chi connectivity index (χ1n) is 9.09. The summed E-state index contributed by atoms with van der Waals surface area (Å²) in [5.41, 5.74) is 9.32. The van der Waals surface area contributed by atoms with Crippen LogP contribution in [0, 0.1) is 0 Å². The van der Waals surface area contributed by atoms with Crippen molar-refractivity contribution in [2.75, 3.05) is 32.6 Å². The highest BCUT2D eigenvalue weighted by Gasteiger charge is 1.99. The Balaban J connectivity index is 1.81. The van der Waals surface area contributed by atoms with Crippen molar-refractivity contribution in [3.8, 4) is 5.75 Å². The van der Waals surface area contributed by atoms with E-state index in [1.54, 1.807) is 0 Å². The van der Waals surface area contributed by atoms with E-state index in [1.807, 2.05) is 36.4 Å². The molecule has 3 N–H and O–H groups in total. The van der Waals surface area contributed by atoms with E-state index in [4.69, 9.17) is 10.5 Å². The lowest BCUT2D eigenvalue weighted by Gasteiger charge is -2.10. The molecule has 0 unspecified atom stereocenters. The molecule has 0 amide bonds. The maximum absolute atomic E-state index is 5.99. The molecule has 0 aromatic heterocycles. The Kier molecular flexibility index (Phi) is 7.96. The normalized spacial score (nSPS) is 11.6. The smallest absolute Gasteiger partial charge is 0.193 e. The van der Waals surface area contributed by atoms with E-state index < -0.39 is 0 Å². The van der Waals surface area contributed by atoms with Gasteiger partial charge in [0, 0.05) is 12.2 Å². The van der Waals surface area contributed by atoms with Crippen LogP contribution in [0.4, 0.5) is 5.69 Å². The summed E-state index contributed by atoms with van der Waals surface area (Å²) in [6.07, 6.45) is 2.01. The van der Waals surface area contributed by atoms with E-state index >= 15 is 0 Å². The molecule has 2 aromatic rings. The van der Waals surface area contributed by atoms with Crippen LogP contribution in [-0.4, -0.2) is 38.1 Å². The second-order valence-electron chi connectivity index (χ2n) is 6.53. The number of nitrogens with one attached hydrogen (secondary N) is 1. The lowest BCUT2D eigenvalue weighted by molar-refractivity contribution is 0.281. The van der Waals surface area contributed by atoms with Crippen molar-refractivity contribution < 1.29 is 4.74 Å². The number of rotatable bonds is 9. The summed E-state index contributed by atoms with van der Waals surface area (Å²) < 4.78 is 5.74. The molecule has 0 bridgehead atoms. The molecule has 0 aliphatic carbocycles. The van der Waals surface area contributed by atoms with Gasteiger partial charge in [-0.05, 0) is 62.3 Å². The Labute approximate surface area is 156 Å². The molecule has 0 spiro atoms. The zero-order chi connectivity index (χ0) is 18.8. The number of nitrogens with zero attached hydrogens (tertiary/aromatic N) is 2. The van der Waals surface area contributed by atoms with Crippen molar-refractivity contribution in [3.63, 3.8) is 0 Å². The summed E-state index contributed by atoms with van der Waals surface area (Å²) in [5.74, 6) is 1.31. The first-order valence-corrected chi connectivity index (χ1v) is 9.09. The highest BCUT2D eigenvalue weighted by atomic mass is 16.5. The van der Waals surface area contributed by atoms with Crippen LogP contribution in [0.3, 0.4) is 0 Å². The van der Waals surface area contributed by atoms with Crippen LogP contribution >= 0.6 is 0 Å². The van der Waals surface area contributed by atoms with Gasteiger partial charge in [0.1, 0.15) is 5.75 Å². The molecule has 0 radical (unpaired) electrons. The van der Waals surface area contributed by atoms with Crippen molar-refractivity contribution in [1.82, 2.24) is 4.90 Å². The van der Waals surface area contributed by atoms with Crippen molar-refractivity contribution >= 4 is 11.6 Å². The standard InChI is InChI=1S/C21H30N4O/c1-4-17-7-5-8-19(15-17)24-21(22)23-16-18-9-11-20(12-10-18)26-14-6-13-25(2)3/h5,7-12,15H,4,6,13-14,16H2,1-3H3,(H3,22,23,24). The average Bonchev–Trinajstić information content (AvgIpc) is 2.64. The molecule has 2 rings (SSSR count). The molecule has 0 saturated heterocycles. The predicted octanol–water partition coefficient (Wildman–Crippen LogP) is 3.51. The van der Waals surface area contributed by atoms with Crippen LogP contribution in [0.5, 0.6) is 5.75 Å². The van der Waals surface area contributed by atoms with Crippen molar-refractivity contribution in [2.24, 2.45) is 10.7 Å². The van der Waals surface area contributed by atoms with Crippen LogP contribution < -0.4 is 15.8 Å². The third-order valence-corrected chi connectivity index (χ3v) is 3.98. The van der Waals surface area contributed by atoms with E-state index in [-0.39, 0.29) is 0 Å². The second kappa shape index (κ2) is 10.5. The molecule has 0 heterocycles. The lowest BCUT2D eigenvalue weighted by Crippen LogP contribution is -2.22. The van der Waals surface area contributed by atoms with Crippen LogP contribution in [0.25, 0.3) is 0 Å². The van der Waals surface area contributed by atoms with Gasteiger partial charge in [-0.25, -0.2) is 4.99 Å². The number of hydrogen-bond donors (Lipinski definition) is 2. The number of ether oxygens (including phenoxy) is 1. The van der Waals surface area contributed by atoms with Crippen molar-refractivity contribution in [1.29, 1.82) is 0 Å². The number of benzene rings is 2. The van der Waals surface area contributed by atoms with Gasteiger partial charge in [-0.3, -0.25) is 0 Å². The van der Waals surface area contributed by atoms with E-state index in [1.165, 1.54) is 5.56 Å². The molecule has 26 heavy (non-hydrogen) atoms. The molecule has 5 nitrogen and oxygen atoms in total. The summed E-state index contributed by atoms with van der Waals surface area (Å²) in [7, 11) is 4.13. The summed E-state index contributed by atoms with van der Waals surface area (Å²) in [4.78, 5) is 6.56. The highest BCUT2D eigenvalue weighted by molar-refractivity contribution is 5.92. The Hall–Kier alpha value is -2.53. The minimum atomic E-state index is 0.419. The van der Waals surface area contributed by atoms with Gasteiger partial charge in [0.25, 0.3) is 0 Å². The topological polar surface area (TPSA) is 62.9 Å². The maximum Gasteiger partial charge on any atom is 0.193 e. The minimum Gasteiger partial charge on any atom is -0.494 e. The summed E-state index contributed by atoms with van der Waals surface area (Å²) in [6, 6.07) is 16.2. The van der Waals surface area contributed by atoms with E-state index in [0.717, 1.165) is 43.0 Å². The van der Waals surface area contributed by atoms with Gasteiger partial charge in [-0.1, -0.05) is 31.2 Å². The first-order chi connectivity index (χ1) is 12.6. The molecule has 0 aliphatic rings. The molecule has 5 heteroatoms. The Bertz CT molecular complexity index is 695. The molecule has 0 aliphatic heterocycles. The van der Waals surface area contributed by atoms with Crippen LogP contribution in [0.1, 0.15) is 24.5 Å². The van der Waals surface area contributed by atoms with Gasteiger partial charge in [0.05, 0.1) is 13.2 Å². The lowest BCUT2D eigenvalue weighted by atomic mass is 10.1. The number of aryl methyl sites for hydroxylation is 1. The summed E-state index contributed by atoms with van der Waals surface area (Å²) in [6.45, 7) is 4.42. The molecule has 0 saturated carbocycles. The third kappa shape index (κ3) is 7.15. The largest absolute Gasteiger partial charge is 0.494 e. The average molecular weight is 354 g/mol. The molecule has 2 aromatic carbocycles. The maximum atomic E-state index is 5.99. The fourth-order valence-corrected chi connectivity index (χ4v) is 2.49. The minimum absolute atomic E-state index is 0.419. The Morgan fingerprint density at radius 1 is 1.12 bits per heavy atom. The summed E-state index contributed by atoms with van der Waals surface area (Å²) >= 11 is 0. The van der Waals surface area contributed by atoms with E-state index in [2.05, 4.69) is 48.4 Å². The highest BCUT2D eigenvalue weighted by Crippen LogP contribution is 2.14. The zero-order valence-corrected chi connectivity index (χ0v) is 16.0. The SMILES string of the molecule is CCc1cccc(NC(N)=NCc2ccc(OCCCN(C)C)cc2)c1.